The lowest BCUT2D eigenvalue weighted by Gasteiger charge is -2.10. The van der Waals surface area contributed by atoms with E-state index in [-0.39, 0.29) is 11.6 Å². The average molecular weight is 262 g/mol. The minimum atomic E-state index is -0.632. The van der Waals surface area contributed by atoms with E-state index in [1.807, 2.05) is 5.32 Å². The van der Waals surface area contributed by atoms with Crippen molar-refractivity contribution >= 4 is 0 Å². The number of hydrogen-bond donors (Lipinski definition) is 3. The number of nitrogens with two attached hydrogens (primary N) is 1. The Hall–Kier alpha value is -1.91. The van der Waals surface area contributed by atoms with Gasteiger partial charge in [0, 0.05) is 5.56 Å². The highest BCUT2D eigenvalue weighted by molar-refractivity contribution is 5.28. The Morgan fingerprint density at radius 2 is 1.84 bits per heavy atom. The van der Waals surface area contributed by atoms with E-state index in [4.69, 9.17) is 0 Å². The van der Waals surface area contributed by atoms with E-state index in [1.54, 1.807) is 36.4 Å². The van der Waals surface area contributed by atoms with Crippen LogP contribution in [0.5, 0.6) is 5.75 Å². The van der Waals surface area contributed by atoms with Gasteiger partial charge in [0.1, 0.15) is 30.8 Å². The van der Waals surface area contributed by atoms with Crippen LogP contribution in [0.4, 0.5) is 4.39 Å². The van der Waals surface area contributed by atoms with Crippen molar-refractivity contribution in [3.63, 3.8) is 0 Å². The highest BCUT2D eigenvalue weighted by atomic mass is 19.1. The van der Waals surface area contributed by atoms with E-state index in [2.05, 4.69) is 0 Å². The van der Waals surface area contributed by atoms with E-state index in [1.165, 1.54) is 12.1 Å². The first-order valence-electron chi connectivity index (χ1n) is 6.18. The molecule has 0 saturated carbocycles. The molecule has 19 heavy (non-hydrogen) atoms. The Labute approximate surface area is 111 Å². The molecule has 100 valence electrons. The minimum Gasteiger partial charge on any atom is -0.508 e. The van der Waals surface area contributed by atoms with Gasteiger partial charge in [-0.15, -0.1) is 0 Å². The van der Waals surface area contributed by atoms with E-state index < -0.39 is 6.10 Å². The Balaban J connectivity index is 1.84. The topological polar surface area (TPSA) is 57.1 Å². The summed E-state index contributed by atoms with van der Waals surface area (Å²) >= 11 is 0. The van der Waals surface area contributed by atoms with Gasteiger partial charge in [-0.3, -0.25) is 0 Å². The zero-order chi connectivity index (χ0) is 13.7. The van der Waals surface area contributed by atoms with Crippen LogP contribution in [0.1, 0.15) is 17.2 Å². The smallest absolute Gasteiger partial charge is 0.128 e. The van der Waals surface area contributed by atoms with Crippen molar-refractivity contribution < 1.29 is 19.9 Å². The molecule has 0 fully saturated rings. The van der Waals surface area contributed by atoms with Gasteiger partial charge in [-0.05, 0) is 29.8 Å². The maximum Gasteiger partial charge on any atom is 0.128 e. The van der Waals surface area contributed by atoms with Crippen LogP contribution in [0, 0.1) is 5.82 Å². The number of hydrogen-bond acceptors (Lipinski definition) is 2. The van der Waals surface area contributed by atoms with Crippen LogP contribution in [0.2, 0.25) is 0 Å². The van der Waals surface area contributed by atoms with Crippen molar-refractivity contribution in [1.29, 1.82) is 0 Å². The predicted octanol–water partition coefficient (Wildman–Crippen LogP) is 1.33. The number of aromatic hydroxyl groups is 1. The predicted molar refractivity (Wildman–Crippen MR) is 70.0 cm³/mol. The van der Waals surface area contributed by atoms with E-state index in [0.29, 0.717) is 18.7 Å². The fourth-order valence-corrected chi connectivity index (χ4v) is 1.90. The van der Waals surface area contributed by atoms with E-state index >= 15 is 0 Å². The first-order chi connectivity index (χ1) is 9.15. The summed E-state index contributed by atoms with van der Waals surface area (Å²) in [5, 5.41) is 21.2. The molecular formula is C15H17FNO2+. The highest BCUT2D eigenvalue weighted by Gasteiger charge is 2.09. The summed E-state index contributed by atoms with van der Waals surface area (Å²) < 4.78 is 12.7. The summed E-state index contributed by atoms with van der Waals surface area (Å²) in [5.41, 5.74) is 1.69. The second-order valence-corrected chi connectivity index (χ2v) is 4.47. The molecule has 4 N–H and O–H groups in total. The SMILES string of the molecule is Oc1cccc([C@@H](O)C[NH2+]Cc2ccc(F)cc2)c1. The molecule has 4 heteroatoms. The molecule has 0 radical (unpaired) electrons. The molecular weight excluding hydrogens is 245 g/mol. The van der Waals surface area contributed by atoms with E-state index in [0.717, 1.165) is 5.56 Å². The summed E-state index contributed by atoms with van der Waals surface area (Å²) in [7, 11) is 0. The zero-order valence-electron chi connectivity index (χ0n) is 10.5. The molecule has 2 aromatic carbocycles. The lowest BCUT2D eigenvalue weighted by Crippen LogP contribution is -2.83. The molecule has 0 saturated heterocycles. The van der Waals surface area contributed by atoms with Crippen LogP contribution in [0.25, 0.3) is 0 Å². The number of phenols is 1. The number of phenolic OH excluding ortho intramolecular Hbond substituents is 1. The van der Waals surface area contributed by atoms with Gasteiger partial charge in [-0.25, -0.2) is 4.39 Å². The number of rotatable bonds is 5. The number of aliphatic hydroxyl groups is 1. The molecule has 0 aliphatic rings. The third kappa shape index (κ3) is 4.05. The van der Waals surface area contributed by atoms with Crippen LogP contribution in [0.15, 0.2) is 48.5 Å². The van der Waals surface area contributed by atoms with Crippen LogP contribution in [-0.4, -0.2) is 16.8 Å². The molecule has 0 amide bonds. The van der Waals surface area contributed by atoms with Gasteiger partial charge in [-0.2, -0.15) is 0 Å². The van der Waals surface area contributed by atoms with Crippen molar-refractivity contribution in [1.82, 2.24) is 0 Å². The van der Waals surface area contributed by atoms with Gasteiger partial charge in [0.15, 0.2) is 0 Å². The van der Waals surface area contributed by atoms with Gasteiger partial charge < -0.3 is 15.5 Å². The zero-order valence-corrected chi connectivity index (χ0v) is 10.5. The molecule has 0 aliphatic heterocycles. The van der Waals surface area contributed by atoms with Crippen LogP contribution < -0.4 is 5.32 Å². The van der Waals surface area contributed by atoms with Crippen molar-refractivity contribution in [3.05, 3.63) is 65.5 Å². The second-order valence-electron chi connectivity index (χ2n) is 4.47. The van der Waals surface area contributed by atoms with Crippen LogP contribution >= 0.6 is 0 Å². The first-order valence-corrected chi connectivity index (χ1v) is 6.18. The maximum atomic E-state index is 12.7. The summed E-state index contributed by atoms with van der Waals surface area (Å²) in [6, 6.07) is 12.9. The highest BCUT2D eigenvalue weighted by Crippen LogP contribution is 2.16. The molecule has 0 bridgehead atoms. The fourth-order valence-electron chi connectivity index (χ4n) is 1.90. The summed E-state index contributed by atoms with van der Waals surface area (Å²) in [6.07, 6.45) is -0.632. The van der Waals surface area contributed by atoms with Gasteiger partial charge in [0.2, 0.25) is 0 Å². The Kier molecular flexibility index (Phi) is 4.49. The summed E-state index contributed by atoms with van der Waals surface area (Å²) in [6.45, 7) is 1.16. The van der Waals surface area contributed by atoms with Gasteiger partial charge >= 0.3 is 0 Å². The molecule has 1 atom stereocenters. The molecule has 3 nitrogen and oxygen atoms in total. The number of benzene rings is 2. The lowest BCUT2D eigenvalue weighted by atomic mass is 10.1. The van der Waals surface area contributed by atoms with Crippen molar-refractivity contribution in [3.8, 4) is 5.75 Å². The lowest BCUT2D eigenvalue weighted by molar-refractivity contribution is -0.677. The largest absolute Gasteiger partial charge is 0.508 e. The number of aliphatic hydroxyl groups excluding tert-OH is 1. The third-order valence-electron chi connectivity index (χ3n) is 2.94. The molecule has 0 unspecified atom stereocenters. The van der Waals surface area contributed by atoms with Crippen LogP contribution in [-0.2, 0) is 6.54 Å². The van der Waals surface area contributed by atoms with Crippen molar-refractivity contribution in [2.45, 2.75) is 12.6 Å². The quantitative estimate of drug-likeness (QED) is 0.761. The Morgan fingerprint density at radius 3 is 2.53 bits per heavy atom. The minimum absolute atomic E-state index is 0.148. The normalized spacial score (nSPS) is 12.3. The molecule has 0 spiro atoms. The van der Waals surface area contributed by atoms with Gasteiger partial charge in [0.05, 0.1) is 0 Å². The van der Waals surface area contributed by atoms with E-state index in [9.17, 15) is 14.6 Å². The molecule has 0 heterocycles. The molecule has 0 aromatic heterocycles. The average Bonchev–Trinajstić information content (AvgIpc) is 2.41. The van der Waals surface area contributed by atoms with Gasteiger partial charge in [0.25, 0.3) is 0 Å². The van der Waals surface area contributed by atoms with Crippen LogP contribution in [0.3, 0.4) is 0 Å². The number of quaternary nitrogens is 1. The first kappa shape index (κ1) is 13.5. The third-order valence-corrected chi connectivity index (χ3v) is 2.94. The van der Waals surface area contributed by atoms with Crippen molar-refractivity contribution in [2.24, 2.45) is 0 Å². The summed E-state index contributed by atoms with van der Waals surface area (Å²) in [4.78, 5) is 0. The maximum absolute atomic E-state index is 12.7. The monoisotopic (exact) mass is 262 g/mol. The standard InChI is InChI=1S/C15H16FNO2/c16-13-6-4-11(5-7-13)9-17-10-15(19)12-2-1-3-14(18)8-12/h1-8,15,17-19H,9-10H2/p+1/t15-/m0/s1. The summed E-state index contributed by atoms with van der Waals surface area (Å²) in [5.74, 6) is -0.0985. The fraction of sp³-hybridized carbons (Fsp3) is 0.200. The Morgan fingerprint density at radius 1 is 1.11 bits per heavy atom. The number of halogens is 1. The van der Waals surface area contributed by atoms with Gasteiger partial charge in [-0.1, -0.05) is 24.3 Å². The Bertz CT molecular complexity index is 528. The van der Waals surface area contributed by atoms with Crippen molar-refractivity contribution in [2.75, 3.05) is 6.54 Å². The molecule has 0 aliphatic carbocycles. The second kappa shape index (κ2) is 6.31. The molecule has 2 rings (SSSR count). The molecule has 2 aromatic rings.